The molecule has 1 aliphatic carbocycles. The Morgan fingerprint density at radius 1 is 1.22 bits per heavy atom. The fraction of sp³-hybridized carbons (Fsp3) is 0.600. The molecule has 1 fully saturated rings. The Balaban J connectivity index is 2.00. The lowest BCUT2D eigenvalue weighted by atomic mass is 9.92. The van der Waals surface area contributed by atoms with Crippen LogP contribution in [0.25, 0.3) is 0 Å². The van der Waals surface area contributed by atoms with Gasteiger partial charge >= 0.3 is 0 Å². The molecule has 100 valence electrons. The molecule has 2 rings (SSSR count). The summed E-state index contributed by atoms with van der Waals surface area (Å²) in [7, 11) is 3.51. The van der Waals surface area contributed by atoms with Gasteiger partial charge in [0.15, 0.2) is 0 Å². The van der Waals surface area contributed by atoms with E-state index >= 15 is 0 Å². The number of benzene rings is 1. The van der Waals surface area contributed by atoms with E-state index in [1.54, 1.807) is 7.11 Å². The van der Waals surface area contributed by atoms with Crippen LogP contribution in [-0.2, 0) is 4.74 Å². The lowest BCUT2D eigenvalue weighted by molar-refractivity contribution is 0.0669. The number of nitrogens with one attached hydrogen (secondary N) is 1. The third-order valence-corrected chi connectivity index (χ3v) is 3.75. The fourth-order valence-electron chi connectivity index (χ4n) is 2.64. The minimum absolute atomic E-state index is 0.412. The van der Waals surface area contributed by atoms with E-state index in [1.165, 1.54) is 30.5 Å². The quantitative estimate of drug-likeness (QED) is 0.887. The van der Waals surface area contributed by atoms with Crippen LogP contribution in [0.2, 0.25) is 0 Å². The van der Waals surface area contributed by atoms with E-state index < -0.39 is 0 Å². The fourth-order valence-corrected chi connectivity index (χ4v) is 2.64. The predicted octanol–water partition coefficient (Wildman–Crippen LogP) is 3.37. The van der Waals surface area contributed by atoms with Gasteiger partial charge in [-0.2, -0.15) is 0 Å². The van der Waals surface area contributed by atoms with Crippen molar-refractivity contribution in [3.05, 3.63) is 23.8 Å². The third kappa shape index (κ3) is 3.16. The highest BCUT2D eigenvalue weighted by atomic mass is 16.5. The van der Waals surface area contributed by atoms with Crippen LogP contribution in [0, 0.1) is 6.92 Å². The minimum Gasteiger partial charge on any atom is -0.497 e. The van der Waals surface area contributed by atoms with E-state index in [1.807, 2.05) is 13.2 Å². The standard InChI is InChI=1S/C15H23NO2/c1-11-9-14(18-3)7-8-15(11)16-12-5-4-6-13(10-12)17-2/h7-9,12-13,16H,4-6,10H2,1-3H3. The first-order chi connectivity index (χ1) is 8.72. The Morgan fingerprint density at radius 2 is 2.06 bits per heavy atom. The summed E-state index contributed by atoms with van der Waals surface area (Å²) in [4.78, 5) is 0. The second kappa shape index (κ2) is 6.10. The van der Waals surface area contributed by atoms with Gasteiger partial charge in [0.25, 0.3) is 0 Å². The van der Waals surface area contributed by atoms with Gasteiger partial charge in [-0.3, -0.25) is 0 Å². The Hall–Kier alpha value is -1.22. The molecular weight excluding hydrogens is 226 g/mol. The van der Waals surface area contributed by atoms with Crippen LogP contribution in [0.5, 0.6) is 5.75 Å². The molecule has 18 heavy (non-hydrogen) atoms. The van der Waals surface area contributed by atoms with Crippen molar-refractivity contribution >= 4 is 5.69 Å². The van der Waals surface area contributed by atoms with E-state index in [0.717, 1.165) is 12.2 Å². The van der Waals surface area contributed by atoms with Crippen molar-refractivity contribution in [2.24, 2.45) is 0 Å². The van der Waals surface area contributed by atoms with Gasteiger partial charge in [0.2, 0.25) is 0 Å². The predicted molar refractivity (Wildman–Crippen MR) is 74.4 cm³/mol. The molecule has 0 radical (unpaired) electrons. The van der Waals surface area contributed by atoms with E-state index in [2.05, 4.69) is 24.4 Å². The van der Waals surface area contributed by atoms with Gasteiger partial charge in [-0.1, -0.05) is 0 Å². The third-order valence-electron chi connectivity index (χ3n) is 3.75. The summed E-state index contributed by atoms with van der Waals surface area (Å²) in [6.45, 7) is 2.11. The molecule has 0 bridgehead atoms. The number of hydrogen-bond acceptors (Lipinski definition) is 3. The highest BCUT2D eigenvalue weighted by Crippen LogP contribution is 2.27. The van der Waals surface area contributed by atoms with E-state index in [-0.39, 0.29) is 0 Å². The molecule has 0 aromatic heterocycles. The number of aryl methyl sites for hydroxylation is 1. The van der Waals surface area contributed by atoms with Crippen molar-refractivity contribution in [1.29, 1.82) is 0 Å². The van der Waals surface area contributed by atoms with Crippen LogP contribution in [0.3, 0.4) is 0 Å². The molecule has 0 aliphatic heterocycles. The van der Waals surface area contributed by atoms with Crippen LogP contribution < -0.4 is 10.1 Å². The summed E-state index contributed by atoms with van der Waals surface area (Å²) in [5.74, 6) is 0.913. The minimum atomic E-state index is 0.412. The van der Waals surface area contributed by atoms with Crippen molar-refractivity contribution in [3.63, 3.8) is 0 Å². The number of hydrogen-bond donors (Lipinski definition) is 1. The Labute approximate surface area is 109 Å². The van der Waals surface area contributed by atoms with Crippen molar-refractivity contribution < 1.29 is 9.47 Å². The summed E-state index contributed by atoms with van der Waals surface area (Å²) in [5.41, 5.74) is 2.44. The van der Waals surface area contributed by atoms with Crippen LogP contribution in [0.1, 0.15) is 31.2 Å². The average molecular weight is 249 g/mol. The molecule has 1 aromatic rings. The summed E-state index contributed by atoms with van der Waals surface area (Å²) >= 11 is 0. The Morgan fingerprint density at radius 3 is 2.72 bits per heavy atom. The lowest BCUT2D eigenvalue weighted by Gasteiger charge is -2.30. The first-order valence-electron chi connectivity index (χ1n) is 6.67. The normalized spacial score (nSPS) is 23.7. The molecule has 2 unspecified atom stereocenters. The molecule has 1 saturated carbocycles. The number of ether oxygens (including phenoxy) is 2. The van der Waals surface area contributed by atoms with Crippen molar-refractivity contribution in [2.75, 3.05) is 19.5 Å². The molecule has 1 aromatic carbocycles. The molecule has 2 atom stereocenters. The maximum Gasteiger partial charge on any atom is 0.119 e. The molecule has 0 saturated heterocycles. The number of anilines is 1. The van der Waals surface area contributed by atoms with Gasteiger partial charge in [0.05, 0.1) is 13.2 Å². The zero-order valence-electron chi connectivity index (χ0n) is 11.5. The van der Waals surface area contributed by atoms with E-state index in [9.17, 15) is 0 Å². The van der Waals surface area contributed by atoms with Gasteiger partial charge in [0.1, 0.15) is 5.75 Å². The highest BCUT2D eigenvalue weighted by Gasteiger charge is 2.21. The van der Waals surface area contributed by atoms with Gasteiger partial charge in [-0.15, -0.1) is 0 Å². The Kier molecular flexibility index (Phi) is 4.48. The van der Waals surface area contributed by atoms with Crippen LogP contribution in [-0.4, -0.2) is 26.4 Å². The molecule has 0 amide bonds. The van der Waals surface area contributed by atoms with Gasteiger partial charge in [-0.25, -0.2) is 0 Å². The molecular formula is C15H23NO2. The molecule has 0 spiro atoms. The average Bonchev–Trinajstić information content (AvgIpc) is 2.41. The lowest BCUT2D eigenvalue weighted by Crippen LogP contribution is -2.31. The van der Waals surface area contributed by atoms with Crippen molar-refractivity contribution in [2.45, 2.75) is 44.8 Å². The van der Waals surface area contributed by atoms with E-state index in [4.69, 9.17) is 9.47 Å². The van der Waals surface area contributed by atoms with Crippen LogP contribution in [0.15, 0.2) is 18.2 Å². The molecule has 1 aliphatic rings. The maximum atomic E-state index is 5.47. The monoisotopic (exact) mass is 249 g/mol. The molecule has 3 nitrogen and oxygen atoms in total. The van der Waals surface area contributed by atoms with Gasteiger partial charge in [-0.05, 0) is 56.4 Å². The zero-order valence-corrected chi connectivity index (χ0v) is 11.5. The smallest absolute Gasteiger partial charge is 0.119 e. The van der Waals surface area contributed by atoms with E-state index in [0.29, 0.717) is 12.1 Å². The van der Waals surface area contributed by atoms with Gasteiger partial charge in [0, 0.05) is 18.8 Å². The SMILES string of the molecule is COc1ccc(NC2CCCC(OC)C2)c(C)c1. The second-order valence-corrected chi connectivity index (χ2v) is 5.05. The summed E-state index contributed by atoms with van der Waals surface area (Å²) < 4.78 is 10.7. The first-order valence-corrected chi connectivity index (χ1v) is 6.67. The highest BCUT2D eigenvalue weighted by molar-refractivity contribution is 5.54. The second-order valence-electron chi connectivity index (χ2n) is 5.05. The topological polar surface area (TPSA) is 30.5 Å². The summed E-state index contributed by atoms with van der Waals surface area (Å²) in [6.07, 6.45) is 5.17. The summed E-state index contributed by atoms with van der Waals surface area (Å²) in [6, 6.07) is 6.70. The van der Waals surface area contributed by atoms with Gasteiger partial charge < -0.3 is 14.8 Å². The summed E-state index contributed by atoms with van der Waals surface area (Å²) in [5, 5.41) is 3.63. The van der Waals surface area contributed by atoms with Crippen LogP contribution in [0.4, 0.5) is 5.69 Å². The Bertz CT molecular complexity index is 392. The number of methoxy groups -OCH3 is 2. The molecule has 0 heterocycles. The van der Waals surface area contributed by atoms with Crippen molar-refractivity contribution in [1.82, 2.24) is 0 Å². The van der Waals surface area contributed by atoms with Crippen LogP contribution >= 0.6 is 0 Å². The largest absolute Gasteiger partial charge is 0.497 e. The molecule has 3 heteroatoms. The van der Waals surface area contributed by atoms with Crippen molar-refractivity contribution in [3.8, 4) is 5.75 Å². The zero-order chi connectivity index (χ0) is 13.0. The molecule has 1 N–H and O–H groups in total. The maximum absolute atomic E-state index is 5.47. The number of rotatable bonds is 4. The first kappa shape index (κ1) is 13.2.